The molecule has 0 aliphatic carbocycles. The van der Waals surface area contributed by atoms with Crippen LogP contribution < -0.4 is 10.7 Å². The Kier molecular flexibility index (Phi) is 23.5. The molecule has 0 spiro atoms. The molecule has 0 atom stereocenters. The molecule has 0 saturated carbocycles. The van der Waals surface area contributed by atoms with Crippen LogP contribution >= 0.6 is 8.60 Å². The summed E-state index contributed by atoms with van der Waals surface area (Å²) in [5, 5.41) is 0. The summed E-state index contributed by atoms with van der Waals surface area (Å²) in [7, 11) is -1.30. The van der Waals surface area contributed by atoms with E-state index in [1.54, 1.807) is 0 Å². The van der Waals surface area contributed by atoms with Gasteiger partial charge < -0.3 is 19.7 Å². The third-order valence-electron chi connectivity index (χ3n) is 5.31. The van der Waals surface area contributed by atoms with E-state index < -0.39 is 8.60 Å². The molecule has 0 radical (unpaired) electrons. The van der Waals surface area contributed by atoms with Gasteiger partial charge in [0.15, 0.2) is 0 Å². The van der Waals surface area contributed by atoms with Crippen LogP contribution in [0.3, 0.4) is 0 Å². The molecular formula is C26H50NO3P. The van der Waals surface area contributed by atoms with E-state index in [0.717, 1.165) is 31.8 Å². The van der Waals surface area contributed by atoms with E-state index in [1.165, 1.54) is 89.9 Å². The van der Waals surface area contributed by atoms with Crippen molar-refractivity contribution in [2.75, 3.05) is 13.2 Å². The quantitative estimate of drug-likeness (QED) is 0.140. The van der Waals surface area contributed by atoms with Crippen molar-refractivity contribution in [1.82, 2.24) is 6.15 Å². The lowest BCUT2D eigenvalue weighted by Crippen LogP contribution is -2.01. The summed E-state index contributed by atoms with van der Waals surface area (Å²) < 4.78 is 17.9. The van der Waals surface area contributed by atoms with E-state index in [1.807, 2.05) is 30.3 Å². The number of hydrogen-bond donors (Lipinski definition) is 1. The molecule has 0 fully saturated rings. The van der Waals surface area contributed by atoms with Crippen LogP contribution in [0.5, 0.6) is 5.75 Å². The second-order valence-electron chi connectivity index (χ2n) is 8.24. The lowest BCUT2D eigenvalue weighted by atomic mass is 10.1. The van der Waals surface area contributed by atoms with E-state index in [2.05, 4.69) is 13.8 Å². The third-order valence-corrected chi connectivity index (χ3v) is 6.46. The Hall–Kier alpha value is -0.670. The molecule has 1 aromatic rings. The van der Waals surface area contributed by atoms with Crippen LogP contribution in [0.1, 0.15) is 117 Å². The Morgan fingerprint density at radius 3 is 1.35 bits per heavy atom. The number of benzene rings is 1. The maximum absolute atomic E-state index is 5.98. The Labute approximate surface area is 194 Å². The van der Waals surface area contributed by atoms with E-state index in [-0.39, 0.29) is 6.15 Å². The van der Waals surface area contributed by atoms with Crippen molar-refractivity contribution in [3.8, 4) is 5.75 Å². The van der Waals surface area contributed by atoms with E-state index in [9.17, 15) is 0 Å². The molecule has 0 aliphatic heterocycles. The van der Waals surface area contributed by atoms with Gasteiger partial charge in [0.2, 0.25) is 0 Å². The minimum atomic E-state index is -1.30. The fourth-order valence-corrected chi connectivity index (χ4v) is 4.44. The topological polar surface area (TPSA) is 62.7 Å². The largest absolute Gasteiger partial charge is 0.427 e. The zero-order valence-electron chi connectivity index (χ0n) is 20.5. The van der Waals surface area contributed by atoms with Crippen molar-refractivity contribution >= 4 is 8.60 Å². The molecule has 3 N–H and O–H groups in total. The van der Waals surface area contributed by atoms with Gasteiger partial charge >= 0.3 is 8.60 Å². The van der Waals surface area contributed by atoms with Gasteiger partial charge in [-0.1, -0.05) is 122 Å². The fraction of sp³-hybridized carbons (Fsp3) is 0.769. The zero-order chi connectivity index (χ0) is 21.5. The van der Waals surface area contributed by atoms with Gasteiger partial charge in [0.25, 0.3) is 0 Å². The smallest absolute Gasteiger partial charge is 0.397 e. The van der Waals surface area contributed by atoms with Gasteiger partial charge in [-0.25, -0.2) is 0 Å². The first kappa shape index (κ1) is 30.3. The number of rotatable bonds is 22. The minimum Gasteiger partial charge on any atom is -0.427 e. The van der Waals surface area contributed by atoms with Crippen LogP contribution in [0.4, 0.5) is 0 Å². The lowest BCUT2D eigenvalue weighted by molar-refractivity contribution is 0.198. The number of para-hydroxylation sites is 1. The first-order chi connectivity index (χ1) is 14.9. The summed E-state index contributed by atoms with van der Waals surface area (Å²) in [4.78, 5) is 0. The Morgan fingerprint density at radius 2 is 0.935 bits per heavy atom. The van der Waals surface area contributed by atoms with Crippen LogP contribution in [0, 0.1) is 0 Å². The van der Waals surface area contributed by atoms with Crippen molar-refractivity contribution in [2.24, 2.45) is 0 Å². The van der Waals surface area contributed by atoms with Crippen molar-refractivity contribution < 1.29 is 13.6 Å². The van der Waals surface area contributed by atoms with Crippen LogP contribution in [0.2, 0.25) is 0 Å². The minimum absolute atomic E-state index is 0. The van der Waals surface area contributed by atoms with Crippen molar-refractivity contribution in [3.05, 3.63) is 30.3 Å². The van der Waals surface area contributed by atoms with Gasteiger partial charge in [0.1, 0.15) is 5.75 Å². The predicted molar refractivity (Wildman–Crippen MR) is 136 cm³/mol. The fourth-order valence-electron chi connectivity index (χ4n) is 3.41. The van der Waals surface area contributed by atoms with E-state index in [0.29, 0.717) is 0 Å². The third kappa shape index (κ3) is 19.7. The molecule has 182 valence electrons. The highest BCUT2D eigenvalue weighted by Crippen LogP contribution is 2.41. The second-order valence-corrected chi connectivity index (χ2v) is 9.39. The van der Waals surface area contributed by atoms with E-state index >= 15 is 0 Å². The molecule has 0 heterocycles. The van der Waals surface area contributed by atoms with Gasteiger partial charge in [-0.05, 0) is 25.0 Å². The zero-order valence-corrected chi connectivity index (χ0v) is 21.4. The molecule has 0 bridgehead atoms. The summed E-state index contributed by atoms with van der Waals surface area (Å²) in [6, 6.07) is 9.90. The summed E-state index contributed by atoms with van der Waals surface area (Å²) in [6.45, 7) is 5.99. The maximum atomic E-state index is 5.98. The Morgan fingerprint density at radius 1 is 0.548 bits per heavy atom. The standard InChI is InChI=1S/C26H47O3P.H3N/c1-3-5-7-9-11-13-15-20-24-27-30(29-26-22-18-17-19-23-26)28-25-21-16-14-12-10-8-6-4-2;/h17-19,22-23H,3-16,20-21,24-25H2,1-2H3;1H3. The lowest BCUT2D eigenvalue weighted by Gasteiger charge is -2.17. The average Bonchev–Trinajstić information content (AvgIpc) is 2.77. The highest BCUT2D eigenvalue weighted by molar-refractivity contribution is 7.42. The molecular weight excluding hydrogens is 405 g/mol. The van der Waals surface area contributed by atoms with Gasteiger partial charge in [0, 0.05) is 0 Å². The molecule has 1 aromatic carbocycles. The summed E-state index contributed by atoms with van der Waals surface area (Å²) in [5.74, 6) is 0.829. The summed E-state index contributed by atoms with van der Waals surface area (Å²) in [6.07, 6.45) is 20.9. The van der Waals surface area contributed by atoms with Gasteiger partial charge in [-0.2, -0.15) is 0 Å². The Balaban J connectivity index is 0.00000900. The molecule has 0 aliphatic rings. The van der Waals surface area contributed by atoms with E-state index in [4.69, 9.17) is 13.6 Å². The highest BCUT2D eigenvalue weighted by Gasteiger charge is 2.14. The first-order valence-corrected chi connectivity index (χ1v) is 13.7. The molecule has 31 heavy (non-hydrogen) atoms. The highest BCUT2D eigenvalue weighted by atomic mass is 31.2. The average molecular weight is 456 g/mol. The monoisotopic (exact) mass is 455 g/mol. The summed E-state index contributed by atoms with van der Waals surface area (Å²) in [5.41, 5.74) is 0. The normalized spacial score (nSPS) is 10.9. The molecule has 5 heteroatoms. The molecule has 0 unspecified atom stereocenters. The van der Waals surface area contributed by atoms with Crippen LogP contribution in [-0.2, 0) is 9.05 Å². The maximum Gasteiger partial charge on any atom is 0.397 e. The van der Waals surface area contributed by atoms with Crippen molar-refractivity contribution in [1.29, 1.82) is 0 Å². The van der Waals surface area contributed by atoms with Gasteiger partial charge in [0.05, 0.1) is 13.2 Å². The molecule has 1 rings (SSSR count). The SMILES string of the molecule is CCCCCCCCCCOP(OCCCCCCCCCC)Oc1ccccc1.N. The molecule has 0 saturated heterocycles. The van der Waals surface area contributed by atoms with Gasteiger partial charge in [-0.15, -0.1) is 0 Å². The Bertz CT molecular complexity index is 439. The first-order valence-electron chi connectivity index (χ1n) is 12.7. The van der Waals surface area contributed by atoms with Crippen LogP contribution in [0.25, 0.3) is 0 Å². The van der Waals surface area contributed by atoms with Crippen molar-refractivity contribution in [2.45, 2.75) is 117 Å². The van der Waals surface area contributed by atoms with Crippen molar-refractivity contribution in [3.63, 3.8) is 0 Å². The molecule has 4 nitrogen and oxygen atoms in total. The molecule has 0 amide bonds. The van der Waals surface area contributed by atoms with Crippen LogP contribution in [-0.4, -0.2) is 13.2 Å². The molecule has 0 aromatic heterocycles. The van der Waals surface area contributed by atoms with Crippen LogP contribution in [0.15, 0.2) is 30.3 Å². The number of unbranched alkanes of at least 4 members (excludes halogenated alkanes) is 14. The predicted octanol–water partition coefficient (Wildman–Crippen LogP) is 9.77. The number of hydrogen-bond acceptors (Lipinski definition) is 4. The second kappa shape index (κ2) is 24.0. The summed E-state index contributed by atoms with van der Waals surface area (Å²) >= 11 is 0. The van der Waals surface area contributed by atoms with Gasteiger partial charge in [-0.3, -0.25) is 0 Å².